The van der Waals surface area contributed by atoms with Crippen molar-refractivity contribution in [2.75, 3.05) is 6.61 Å². The lowest BCUT2D eigenvalue weighted by Crippen LogP contribution is -2.17. The molecular weight excluding hydrogens is 264 g/mol. The minimum absolute atomic E-state index is 0.237. The summed E-state index contributed by atoms with van der Waals surface area (Å²) in [5.74, 6) is 0.524. The summed E-state index contributed by atoms with van der Waals surface area (Å²) in [4.78, 5) is 11.8. The van der Waals surface area contributed by atoms with Gasteiger partial charge in [-0.25, -0.2) is 5.43 Å². The zero-order valence-corrected chi connectivity index (χ0v) is 12.0. The number of carbonyl (C=O) groups excluding carboxylic acids is 1. The fourth-order valence-electron chi connectivity index (χ4n) is 1.75. The Labute approximate surface area is 124 Å². The highest BCUT2D eigenvalue weighted by molar-refractivity contribution is 5.95. The fourth-order valence-corrected chi connectivity index (χ4v) is 1.75. The van der Waals surface area contributed by atoms with Gasteiger partial charge in [0, 0.05) is 11.1 Å². The van der Waals surface area contributed by atoms with Crippen LogP contribution in [0.3, 0.4) is 0 Å². The maximum Gasteiger partial charge on any atom is 0.271 e. The molecule has 0 atom stereocenters. The van der Waals surface area contributed by atoms with Crippen LogP contribution in [-0.4, -0.2) is 18.7 Å². The molecule has 4 nitrogen and oxygen atoms in total. The second-order valence-electron chi connectivity index (χ2n) is 4.45. The summed E-state index contributed by atoms with van der Waals surface area (Å²) < 4.78 is 5.62. The summed E-state index contributed by atoms with van der Waals surface area (Å²) in [6, 6.07) is 16.6. The highest BCUT2D eigenvalue weighted by atomic mass is 16.5. The average molecular weight is 282 g/mol. The Bertz CT molecular complexity index is 609. The number of para-hydroxylation sites is 1. The number of hydrogen-bond donors (Lipinski definition) is 1. The van der Waals surface area contributed by atoms with E-state index in [4.69, 9.17) is 4.74 Å². The molecule has 108 valence electrons. The third kappa shape index (κ3) is 4.45. The first-order valence-corrected chi connectivity index (χ1v) is 6.91. The predicted molar refractivity (Wildman–Crippen MR) is 83.7 cm³/mol. The van der Waals surface area contributed by atoms with Gasteiger partial charge in [0.15, 0.2) is 0 Å². The molecule has 1 N–H and O–H groups in total. The van der Waals surface area contributed by atoms with Gasteiger partial charge < -0.3 is 4.74 Å². The summed E-state index contributed by atoms with van der Waals surface area (Å²) in [6.07, 6.45) is 2.53. The Morgan fingerprint density at radius 3 is 2.62 bits per heavy atom. The number of hydrazone groups is 1. The zero-order chi connectivity index (χ0) is 14.9. The van der Waals surface area contributed by atoms with Crippen molar-refractivity contribution in [3.05, 3.63) is 65.7 Å². The summed E-state index contributed by atoms with van der Waals surface area (Å²) in [5, 5.41) is 3.98. The molecule has 0 aliphatic carbocycles. The Morgan fingerprint density at radius 1 is 1.14 bits per heavy atom. The van der Waals surface area contributed by atoms with Crippen LogP contribution in [0.4, 0.5) is 0 Å². The fraction of sp³-hybridized carbons (Fsp3) is 0.176. The number of nitrogens with zero attached hydrogens (tertiary/aromatic N) is 1. The standard InChI is InChI=1S/C17H18N2O2/c1-2-12-21-16-11-7-6-10-15(16)13-18-19-17(20)14-8-4-3-5-9-14/h3-11,13H,2,12H2,1H3,(H,19,20)/b18-13+. The van der Waals surface area contributed by atoms with E-state index in [-0.39, 0.29) is 5.91 Å². The summed E-state index contributed by atoms with van der Waals surface area (Å²) in [7, 11) is 0. The number of carbonyl (C=O) groups is 1. The SMILES string of the molecule is CCCOc1ccccc1/C=N/NC(=O)c1ccccc1. The molecule has 2 aromatic carbocycles. The van der Waals surface area contributed by atoms with E-state index < -0.39 is 0 Å². The molecule has 0 bridgehead atoms. The van der Waals surface area contributed by atoms with Gasteiger partial charge in [0.25, 0.3) is 5.91 Å². The van der Waals surface area contributed by atoms with E-state index in [0.717, 1.165) is 17.7 Å². The molecule has 0 unspecified atom stereocenters. The van der Waals surface area contributed by atoms with E-state index in [9.17, 15) is 4.79 Å². The number of benzene rings is 2. The first-order chi connectivity index (χ1) is 10.3. The molecule has 0 saturated heterocycles. The monoisotopic (exact) mass is 282 g/mol. The second-order valence-corrected chi connectivity index (χ2v) is 4.45. The topological polar surface area (TPSA) is 50.7 Å². The van der Waals surface area contributed by atoms with Crippen molar-refractivity contribution in [3.63, 3.8) is 0 Å². The molecule has 2 rings (SSSR count). The van der Waals surface area contributed by atoms with Gasteiger partial charge in [-0.3, -0.25) is 4.79 Å². The molecule has 0 spiro atoms. The zero-order valence-electron chi connectivity index (χ0n) is 12.0. The van der Waals surface area contributed by atoms with Gasteiger partial charge in [0.1, 0.15) is 5.75 Å². The summed E-state index contributed by atoms with van der Waals surface area (Å²) in [5.41, 5.74) is 3.91. The van der Waals surface area contributed by atoms with Gasteiger partial charge in [0.2, 0.25) is 0 Å². The van der Waals surface area contributed by atoms with Crippen molar-refractivity contribution in [2.45, 2.75) is 13.3 Å². The lowest BCUT2D eigenvalue weighted by molar-refractivity contribution is 0.0955. The van der Waals surface area contributed by atoms with Gasteiger partial charge in [-0.05, 0) is 30.7 Å². The van der Waals surface area contributed by atoms with Crippen LogP contribution in [0.5, 0.6) is 5.75 Å². The first-order valence-electron chi connectivity index (χ1n) is 6.91. The van der Waals surface area contributed by atoms with Gasteiger partial charge in [0.05, 0.1) is 12.8 Å². The van der Waals surface area contributed by atoms with Gasteiger partial charge >= 0.3 is 0 Å². The van der Waals surface area contributed by atoms with E-state index in [1.54, 1.807) is 18.3 Å². The molecule has 0 saturated carbocycles. The lowest BCUT2D eigenvalue weighted by Gasteiger charge is -2.07. The van der Waals surface area contributed by atoms with E-state index in [1.807, 2.05) is 42.5 Å². The van der Waals surface area contributed by atoms with Crippen molar-refractivity contribution >= 4 is 12.1 Å². The van der Waals surface area contributed by atoms with Crippen LogP contribution in [0, 0.1) is 0 Å². The molecule has 0 radical (unpaired) electrons. The third-order valence-corrected chi connectivity index (χ3v) is 2.79. The summed E-state index contributed by atoms with van der Waals surface area (Å²) >= 11 is 0. The molecule has 0 fully saturated rings. The Balaban J connectivity index is 2.00. The second kappa shape index (κ2) is 7.85. The van der Waals surface area contributed by atoms with Crippen LogP contribution in [0.15, 0.2) is 59.7 Å². The van der Waals surface area contributed by atoms with Crippen molar-refractivity contribution in [1.82, 2.24) is 5.43 Å². The van der Waals surface area contributed by atoms with Gasteiger partial charge in [-0.2, -0.15) is 5.10 Å². The predicted octanol–water partition coefficient (Wildman–Crippen LogP) is 3.24. The van der Waals surface area contributed by atoms with Crippen molar-refractivity contribution in [2.24, 2.45) is 5.10 Å². The smallest absolute Gasteiger partial charge is 0.271 e. The van der Waals surface area contributed by atoms with Gasteiger partial charge in [-0.1, -0.05) is 37.3 Å². The van der Waals surface area contributed by atoms with Crippen LogP contribution >= 0.6 is 0 Å². The van der Waals surface area contributed by atoms with Crippen LogP contribution in [0.25, 0.3) is 0 Å². The van der Waals surface area contributed by atoms with E-state index >= 15 is 0 Å². The van der Waals surface area contributed by atoms with E-state index in [0.29, 0.717) is 12.2 Å². The molecule has 0 heterocycles. The Morgan fingerprint density at radius 2 is 1.86 bits per heavy atom. The Kier molecular flexibility index (Phi) is 5.52. The molecule has 21 heavy (non-hydrogen) atoms. The van der Waals surface area contributed by atoms with Crippen LogP contribution in [0.1, 0.15) is 29.3 Å². The molecule has 4 heteroatoms. The number of nitrogens with one attached hydrogen (secondary N) is 1. The molecular formula is C17H18N2O2. The Hall–Kier alpha value is -2.62. The quantitative estimate of drug-likeness (QED) is 0.653. The molecule has 0 aromatic heterocycles. The largest absolute Gasteiger partial charge is 0.493 e. The number of amides is 1. The van der Waals surface area contributed by atoms with Crippen LogP contribution < -0.4 is 10.2 Å². The van der Waals surface area contributed by atoms with Gasteiger partial charge in [-0.15, -0.1) is 0 Å². The van der Waals surface area contributed by atoms with Crippen molar-refractivity contribution < 1.29 is 9.53 Å². The first kappa shape index (κ1) is 14.8. The number of hydrogen-bond acceptors (Lipinski definition) is 3. The summed E-state index contributed by atoms with van der Waals surface area (Å²) in [6.45, 7) is 2.71. The molecule has 2 aromatic rings. The van der Waals surface area contributed by atoms with Crippen LogP contribution in [-0.2, 0) is 0 Å². The molecule has 0 aliphatic rings. The van der Waals surface area contributed by atoms with Crippen molar-refractivity contribution in [1.29, 1.82) is 0 Å². The molecule has 0 aliphatic heterocycles. The highest BCUT2D eigenvalue weighted by Gasteiger charge is 2.03. The normalized spacial score (nSPS) is 10.5. The number of rotatable bonds is 6. The maximum atomic E-state index is 11.8. The lowest BCUT2D eigenvalue weighted by atomic mass is 10.2. The average Bonchev–Trinajstić information content (AvgIpc) is 2.54. The minimum Gasteiger partial charge on any atom is -0.493 e. The van der Waals surface area contributed by atoms with E-state index in [1.165, 1.54) is 0 Å². The number of ether oxygens (including phenoxy) is 1. The molecule has 1 amide bonds. The van der Waals surface area contributed by atoms with Crippen molar-refractivity contribution in [3.8, 4) is 5.75 Å². The highest BCUT2D eigenvalue weighted by Crippen LogP contribution is 2.15. The third-order valence-electron chi connectivity index (χ3n) is 2.79. The van der Waals surface area contributed by atoms with E-state index in [2.05, 4.69) is 17.5 Å². The maximum absolute atomic E-state index is 11.8. The van der Waals surface area contributed by atoms with Crippen LogP contribution in [0.2, 0.25) is 0 Å². The minimum atomic E-state index is -0.237.